The van der Waals surface area contributed by atoms with Crippen LogP contribution in [0.5, 0.6) is 5.75 Å². The first-order valence-corrected chi connectivity index (χ1v) is 5.78. The SMILES string of the molecule is C[C@@H](O)c1cc([N+](=O)[O-])ccc1OC1CCOC1. The monoisotopic (exact) mass is 253 g/mol. The first kappa shape index (κ1) is 12.8. The number of nitro benzene ring substituents is 1. The summed E-state index contributed by atoms with van der Waals surface area (Å²) in [4.78, 5) is 10.2. The molecular formula is C12H15NO5. The van der Waals surface area contributed by atoms with Gasteiger partial charge in [0.2, 0.25) is 0 Å². The number of nitrogens with zero attached hydrogens (tertiary/aromatic N) is 1. The lowest BCUT2D eigenvalue weighted by molar-refractivity contribution is -0.385. The van der Waals surface area contributed by atoms with Crippen molar-refractivity contribution in [2.75, 3.05) is 13.2 Å². The molecule has 6 nitrogen and oxygen atoms in total. The average molecular weight is 253 g/mol. The van der Waals surface area contributed by atoms with Gasteiger partial charge >= 0.3 is 0 Å². The molecular weight excluding hydrogens is 238 g/mol. The van der Waals surface area contributed by atoms with Gasteiger partial charge in [-0.2, -0.15) is 0 Å². The Morgan fingerprint density at radius 1 is 1.61 bits per heavy atom. The fraction of sp³-hybridized carbons (Fsp3) is 0.500. The molecule has 1 saturated heterocycles. The lowest BCUT2D eigenvalue weighted by Gasteiger charge is -2.16. The number of aliphatic hydroxyl groups excluding tert-OH is 1. The predicted octanol–water partition coefficient (Wildman–Crippen LogP) is 1.82. The minimum atomic E-state index is -0.817. The van der Waals surface area contributed by atoms with Crippen LogP contribution in [-0.4, -0.2) is 29.3 Å². The van der Waals surface area contributed by atoms with E-state index in [2.05, 4.69) is 0 Å². The third-order valence-electron chi connectivity index (χ3n) is 2.84. The molecule has 2 atom stereocenters. The molecule has 0 spiro atoms. The van der Waals surface area contributed by atoms with Crippen molar-refractivity contribution in [3.8, 4) is 5.75 Å². The van der Waals surface area contributed by atoms with Gasteiger partial charge in [-0.05, 0) is 13.0 Å². The van der Waals surface area contributed by atoms with E-state index in [1.807, 2.05) is 0 Å². The van der Waals surface area contributed by atoms with E-state index in [1.54, 1.807) is 6.92 Å². The molecule has 1 aromatic carbocycles. The molecule has 1 heterocycles. The Hall–Kier alpha value is -1.66. The van der Waals surface area contributed by atoms with E-state index in [4.69, 9.17) is 9.47 Å². The summed E-state index contributed by atoms with van der Waals surface area (Å²) in [6.45, 7) is 2.72. The first-order chi connectivity index (χ1) is 8.58. The topological polar surface area (TPSA) is 81.8 Å². The van der Waals surface area contributed by atoms with E-state index in [9.17, 15) is 15.2 Å². The highest BCUT2D eigenvalue weighted by Crippen LogP contribution is 2.30. The Bertz CT molecular complexity index is 440. The van der Waals surface area contributed by atoms with Gasteiger partial charge in [0.15, 0.2) is 0 Å². The number of non-ortho nitro benzene ring substituents is 1. The second-order valence-electron chi connectivity index (χ2n) is 4.26. The van der Waals surface area contributed by atoms with Crippen LogP contribution < -0.4 is 4.74 Å². The van der Waals surface area contributed by atoms with Gasteiger partial charge < -0.3 is 14.6 Å². The lowest BCUT2D eigenvalue weighted by atomic mass is 10.1. The van der Waals surface area contributed by atoms with Crippen molar-refractivity contribution in [2.24, 2.45) is 0 Å². The Kier molecular flexibility index (Phi) is 3.78. The summed E-state index contributed by atoms with van der Waals surface area (Å²) in [6, 6.07) is 4.24. The molecule has 1 fully saturated rings. The Labute approximate surface area is 104 Å². The zero-order valence-corrected chi connectivity index (χ0v) is 10.0. The molecule has 18 heavy (non-hydrogen) atoms. The maximum absolute atomic E-state index is 10.7. The molecule has 98 valence electrons. The molecule has 0 amide bonds. The number of benzene rings is 1. The van der Waals surface area contributed by atoms with Crippen LogP contribution in [0.4, 0.5) is 5.69 Å². The van der Waals surface area contributed by atoms with Crippen LogP contribution in [0.3, 0.4) is 0 Å². The number of hydrogen-bond donors (Lipinski definition) is 1. The maximum atomic E-state index is 10.7. The van der Waals surface area contributed by atoms with Crippen LogP contribution in [0.25, 0.3) is 0 Å². The van der Waals surface area contributed by atoms with Crippen LogP contribution >= 0.6 is 0 Å². The highest BCUT2D eigenvalue weighted by Gasteiger charge is 2.21. The van der Waals surface area contributed by atoms with Gasteiger partial charge in [0.25, 0.3) is 5.69 Å². The van der Waals surface area contributed by atoms with Gasteiger partial charge in [-0.3, -0.25) is 10.1 Å². The van der Waals surface area contributed by atoms with E-state index in [0.29, 0.717) is 24.5 Å². The van der Waals surface area contributed by atoms with E-state index >= 15 is 0 Å². The molecule has 0 radical (unpaired) electrons. The molecule has 1 aliphatic rings. The summed E-state index contributed by atoms with van der Waals surface area (Å²) in [5.41, 5.74) is 0.372. The van der Waals surface area contributed by atoms with Crippen molar-refractivity contribution in [3.05, 3.63) is 33.9 Å². The number of ether oxygens (including phenoxy) is 2. The summed E-state index contributed by atoms with van der Waals surface area (Å²) in [5.74, 6) is 0.478. The normalized spacial score (nSPS) is 20.7. The molecule has 0 bridgehead atoms. The van der Waals surface area contributed by atoms with Crippen LogP contribution in [0.15, 0.2) is 18.2 Å². The minimum absolute atomic E-state index is 0.0519. The van der Waals surface area contributed by atoms with Gasteiger partial charge in [-0.25, -0.2) is 0 Å². The van der Waals surface area contributed by atoms with Crippen molar-refractivity contribution in [2.45, 2.75) is 25.6 Å². The predicted molar refractivity (Wildman–Crippen MR) is 63.6 cm³/mol. The van der Waals surface area contributed by atoms with Crippen molar-refractivity contribution in [3.63, 3.8) is 0 Å². The van der Waals surface area contributed by atoms with Crippen molar-refractivity contribution < 1.29 is 19.5 Å². The van der Waals surface area contributed by atoms with Crippen LogP contribution in [0.2, 0.25) is 0 Å². The summed E-state index contributed by atoms with van der Waals surface area (Å²) < 4.78 is 10.9. The summed E-state index contributed by atoms with van der Waals surface area (Å²) >= 11 is 0. The average Bonchev–Trinajstić information content (AvgIpc) is 2.81. The number of hydrogen-bond acceptors (Lipinski definition) is 5. The molecule has 2 rings (SSSR count). The highest BCUT2D eigenvalue weighted by atomic mass is 16.6. The Morgan fingerprint density at radius 2 is 2.39 bits per heavy atom. The number of aliphatic hydroxyl groups is 1. The second-order valence-corrected chi connectivity index (χ2v) is 4.26. The van der Waals surface area contributed by atoms with E-state index in [0.717, 1.165) is 6.42 Å². The molecule has 1 N–H and O–H groups in total. The van der Waals surface area contributed by atoms with E-state index in [1.165, 1.54) is 18.2 Å². The van der Waals surface area contributed by atoms with Crippen LogP contribution in [0.1, 0.15) is 25.0 Å². The first-order valence-electron chi connectivity index (χ1n) is 5.78. The van der Waals surface area contributed by atoms with E-state index in [-0.39, 0.29) is 11.8 Å². The third-order valence-corrected chi connectivity index (χ3v) is 2.84. The standard InChI is InChI=1S/C12H15NO5/c1-8(14)11-6-9(13(15)16)2-3-12(11)18-10-4-5-17-7-10/h2-3,6,8,10,14H,4-5,7H2,1H3/t8-,10?/m1/s1. The Balaban J connectivity index is 2.25. The maximum Gasteiger partial charge on any atom is 0.270 e. The molecule has 0 saturated carbocycles. The van der Waals surface area contributed by atoms with Crippen molar-refractivity contribution >= 4 is 5.69 Å². The van der Waals surface area contributed by atoms with Crippen LogP contribution in [0, 0.1) is 10.1 Å². The fourth-order valence-electron chi connectivity index (χ4n) is 1.87. The molecule has 1 unspecified atom stereocenters. The van der Waals surface area contributed by atoms with Crippen molar-refractivity contribution in [1.82, 2.24) is 0 Å². The zero-order valence-electron chi connectivity index (χ0n) is 10.0. The van der Waals surface area contributed by atoms with Crippen LogP contribution in [-0.2, 0) is 4.74 Å². The molecule has 1 aromatic rings. The summed E-state index contributed by atoms with van der Waals surface area (Å²) in [5, 5.41) is 20.3. The minimum Gasteiger partial charge on any atom is -0.488 e. The highest BCUT2D eigenvalue weighted by molar-refractivity contribution is 5.44. The molecule has 6 heteroatoms. The zero-order chi connectivity index (χ0) is 13.1. The van der Waals surface area contributed by atoms with Crippen molar-refractivity contribution in [1.29, 1.82) is 0 Å². The summed E-state index contributed by atoms with van der Waals surface area (Å²) in [6.07, 6.45) is -0.0813. The number of rotatable bonds is 4. The third kappa shape index (κ3) is 2.77. The molecule has 1 aliphatic heterocycles. The van der Waals surface area contributed by atoms with Gasteiger partial charge in [-0.1, -0.05) is 0 Å². The largest absolute Gasteiger partial charge is 0.488 e. The number of nitro groups is 1. The summed E-state index contributed by atoms with van der Waals surface area (Å²) in [7, 11) is 0. The second kappa shape index (κ2) is 5.32. The quantitative estimate of drug-likeness (QED) is 0.653. The molecule has 0 aliphatic carbocycles. The van der Waals surface area contributed by atoms with Gasteiger partial charge in [0, 0.05) is 24.1 Å². The molecule has 0 aromatic heterocycles. The Morgan fingerprint density at radius 3 is 2.94 bits per heavy atom. The van der Waals surface area contributed by atoms with Gasteiger partial charge in [-0.15, -0.1) is 0 Å². The van der Waals surface area contributed by atoms with E-state index < -0.39 is 11.0 Å². The smallest absolute Gasteiger partial charge is 0.270 e. The van der Waals surface area contributed by atoms with Gasteiger partial charge in [0.05, 0.1) is 24.2 Å². The van der Waals surface area contributed by atoms with Gasteiger partial charge in [0.1, 0.15) is 11.9 Å². The fourth-order valence-corrected chi connectivity index (χ4v) is 1.87. The lowest BCUT2D eigenvalue weighted by Crippen LogP contribution is -2.17.